The Morgan fingerprint density at radius 3 is 2.11 bits per heavy atom. The summed E-state index contributed by atoms with van der Waals surface area (Å²) in [5.41, 5.74) is 1.16. The molecular weight excluding hydrogens is 250 g/mol. The van der Waals surface area contributed by atoms with Crippen molar-refractivity contribution in [1.29, 1.82) is 0 Å². The molecule has 2 N–H and O–H groups in total. The van der Waals surface area contributed by atoms with Crippen molar-refractivity contribution in [2.45, 2.75) is 44.6 Å². The lowest BCUT2D eigenvalue weighted by atomic mass is 10.0. The van der Waals surface area contributed by atoms with E-state index in [4.69, 9.17) is 5.11 Å². The van der Waals surface area contributed by atoms with E-state index in [0.29, 0.717) is 6.42 Å². The molecule has 0 unspecified atom stereocenters. The second kappa shape index (κ2) is 5.38. The third-order valence-corrected chi connectivity index (χ3v) is 4.33. The molecule has 0 heterocycles. The summed E-state index contributed by atoms with van der Waals surface area (Å²) in [4.78, 5) is 0.269. The summed E-state index contributed by atoms with van der Waals surface area (Å²) < 4.78 is 27.1. The number of rotatable bonds is 5. The fourth-order valence-electron chi connectivity index (χ4n) is 1.84. The quantitative estimate of drug-likeness (QED) is 0.857. The highest BCUT2D eigenvalue weighted by molar-refractivity contribution is 7.89. The van der Waals surface area contributed by atoms with Gasteiger partial charge in [0, 0.05) is 12.1 Å². The molecule has 1 rings (SSSR count). The molecule has 0 aliphatic rings. The Kier molecular flexibility index (Phi) is 4.53. The average molecular weight is 271 g/mol. The van der Waals surface area contributed by atoms with Gasteiger partial charge < -0.3 is 5.11 Å². The van der Waals surface area contributed by atoms with E-state index in [9.17, 15) is 8.42 Å². The minimum Gasteiger partial charge on any atom is -0.396 e. The van der Waals surface area contributed by atoms with Crippen LogP contribution in [0.3, 0.4) is 0 Å². The topological polar surface area (TPSA) is 66.4 Å². The molecule has 5 heteroatoms. The molecule has 0 aliphatic carbocycles. The van der Waals surface area contributed by atoms with Gasteiger partial charge in [-0.15, -0.1) is 0 Å². The maximum Gasteiger partial charge on any atom is 0.241 e. The SMILES string of the molecule is Cc1cc(C)cc(S(=O)(=O)NC(C)(C)CCO)c1. The van der Waals surface area contributed by atoms with Crippen LogP contribution in [0.25, 0.3) is 0 Å². The van der Waals surface area contributed by atoms with Gasteiger partial charge >= 0.3 is 0 Å². The van der Waals surface area contributed by atoms with Crippen molar-refractivity contribution in [3.8, 4) is 0 Å². The second-order valence-corrected chi connectivity index (χ2v) is 6.97. The van der Waals surface area contributed by atoms with Crippen molar-refractivity contribution >= 4 is 10.0 Å². The van der Waals surface area contributed by atoms with Crippen LogP contribution in [0.1, 0.15) is 31.4 Å². The second-order valence-electron chi connectivity index (χ2n) is 5.29. The van der Waals surface area contributed by atoms with E-state index in [1.807, 2.05) is 19.9 Å². The summed E-state index contributed by atoms with van der Waals surface area (Å²) in [6.07, 6.45) is 0.372. The Morgan fingerprint density at radius 2 is 1.67 bits per heavy atom. The smallest absolute Gasteiger partial charge is 0.241 e. The lowest BCUT2D eigenvalue weighted by Gasteiger charge is -2.25. The van der Waals surface area contributed by atoms with Gasteiger partial charge in [-0.1, -0.05) is 6.07 Å². The Hall–Kier alpha value is -0.910. The predicted molar refractivity (Wildman–Crippen MR) is 72.0 cm³/mol. The first-order valence-electron chi connectivity index (χ1n) is 5.89. The van der Waals surface area contributed by atoms with Gasteiger partial charge in [0.05, 0.1) is 4.90 Å². The minimum absolute atomic E-state index is 0.0532. The number of aliphatic hydroxyl groups excluding tert-OH is 1. The fourth-order valence-corrected chi connectivity index (χ4v) is 3.47. The van der Waals surface area contributed by atoms with Crippen LogP contribution in [-0.2, 0) is 10.0 Å². The number of aryl methyl sites for hydroxylation is 2. The van der Waals surface area contributed by atoms with Crippen LogP contribution in [0.15, 0.2) is 23.1 Å². The van der Waals surface area contributed by atoms with Gasteiger partial charge in [0.15, 0.2) is 0 Å². The zero-order valence-corrected chi connectivity index (χ0v) is 12.1. The van der Waals surface area contributed by atoms with Crippen LogP contribution in [0.5, 0.6) is 0 Å². The molecule has 0 aliphatic heterocycles. The molecule has 102 valence electrons. The Bertz CT molecular complexity index is 501. The number of benzene rings is 1. The zero-order chi connectivity index (χ0) is 14.0. The van der Waals surface area contributed by atoms with Crippen LogP contribution >= 0.6 is 0 Å². The van der Waals surface area contributed by atoms with Gasteiger partial charge in [-0.05, 0) is 57.4 Å². The molecule has 0 radical (unpaired) electrons. The van der Waals surface area contributed by atoms with E-state index in [1.165, 1.54) is 0 Å². The summed E-state index contributed by atoms with van der Waals surface area (Å²) in [7, 11) is -3.55. The average Bonchev–Trinajstić information content (AvgIpc) is 2.13. The predicted octanol–water partition coefficient (Wildman–Crippen LogP) is 1.74. The van der Waals surface area contributed by atoms with E-state index < -0.39 is 15.6 Å². The highest BCUT2D eigenvalue weighted by atomic mass is 32.2. The summed E-state index contributed by atoms with van der Waals surface area (Å²) in [6.45, 7) is 7.19. The van der Waals surface area contributed by atoms with Crippen LogP contribution in [0, 0.1) is 13.8 Å². The lowest BCUT2D eigenvalue weighted by molar-refractivity contribution is 0.245. The monoisotopic (exact) mass is 271 g/mol. The van der Waals surface area contributed by atoms with Crippen molar-refractivity contribution in [2.75, 3.05) is 6.61 Å². The molecule has 0 bridgehead atoms. The molecule has 0 amide bonds. The molecule has 1 aromatic rings. The van der Waals surface area contributed by atoms with Crippen molar-refractivity contribution < 1.29 is 13.5 Å². The van der Waals surface area contributed by atoms with Gasteiger partial charge in [-0.25, -0.2) is 13.1 Å². The minimum atomic E-state index is -3.55. The molecular formula is C13H21NO3S. The van der Waals surface area contributed by atoms with E-state index >= 15 is 0 Å². The molecule has 0 aromatic heterocycles. The van der Waals surface area contributed by atoms with Crippen molar-refractivity contribution in [1.82, 2.24) is 4.72 Å². The van der Waals surface area contributed by atoms with Crippen molar-refractivity contribution in [3.05, 3.63) is 29.3 Å². The first-order chi connectivity index (χ1) is 8.16. The van der Waals surface area contributed by atoms with Gasteiger partial charge in [0.1, 0.15) is 0 Å². The summed E-state index contributed by atoms with van der Waals surface area (Å²) in [6, 6.07) is 5.21. The van der Waals surface area contributed by atoms with Crippen LogP contribution in [-0.4, -0.2) is 25.7 Å². The molecule has 0 fully saturated rings. The molecule has 18 heavy (non-hydrogen) atoms. The molecule has 4 nitrogen and oxygen atoms in total. The van der Waals surface area contributed by atoms with E-state index in [2.05, 4.69) is 4.72 Å². The van der Waals surface area contributed by atoms with E-state index in [0.717, 1.165) is 11.1 Å². The summed E-state index contributed by atoms with van der Waals surface area (Å²) >= 11 is 0. The molecule has 0 saturated heterocycles. The summed E-state index contributed by atoms with van der Waals surface area (Å²) in [5, 5.41) is 8.92. The maximum atomic E-state index is 12.2. The Morgan fingerprint density at radius 1 is 1.17 bits per heavy atom. The number of aliphatic hydroxyl groups is 1. The third-order valence-electron chi connectivity index (χ3n) is 2.65. The fraction of sp³-hybridized carbons (Fsp3) is 0.538. The largest absolute Gasteiger partial charge is 0.396 e. The molecule has 0 atom stereocenters. The van der Waals surface area contributed by atoms with Crippen LogP contribution < -0.4 is 4.72 Å². The number of hydrogen-bond donors (Lipinski definition) is 2. The van der Waals surface area contributed by atoms with E-state index in [1.54, 1.807) is 26.0 Å². The zero-order valence-electron chi connectivity index (χ0n) is 11.3. The van der Waals surface area contributed by atoms with Gasteiger partial charge in [0.2, 0.25) is 10.0 Å². The number of nitrogens with one attached hydrogen (secondary N) is 1. The van der Waals surface area contributed by atoms with E-state index in [-0.39, 0.29) is 11.5 Å². The molecule has 0 saturated carbocycles. The maximum absolute atomic E-state index is 12.2. The van der Waals surface area contributed by atoms with Gasteiger partial charge in [-0.3, -0.25) is 0 Å². The first kappa shape index (κ1) is 15.1. The standard InChI is InChI=1S/C13H21NO3S/c1-10-7-11(2)9-12(8-10)18(16,17)14-13(3,4)5-6-15/h7-9,14-15H,5-6H2,1-4H3. The highest BCUT2D eigenvalue weighted by Gasteiger charge is 2.25. The Balaban J connectivity index is 3.07. The third kappa shape index (κ3) is 4.08. The van der Waals surface area contributed by atoms with Crippen LogP contribution in [0.2, 0.25) is 0 Å². The Labute approximate surface area is 109 Å². The molecule has 1 aromatic carbocycles. The first-order valence-corrected chi connectivity index (χ1v) is 7.38. The van der Waals surface area contributed by atoms with Gasteiger partial charge in [-0.2, -0.15) is 0 Å². The van der Waals surface area contributed by atoms with Crippen molar-refractivity contribution in [3.63, 3.8) is 0 Å². The van der Waals surface area contributed by atoms with Crippen LogP contribution in [0.4, 0.5) is 0 Å². The molecule has 0 spiro atoms. The lowest BCUT2D eigenvalue weighted by Crippen LogP contribution is -2.43. The highest BCUT2D eigenvalue weighted by Crippen LogP contribution is 2.18. The van der Waals surface area contributed by atoms with Gasteiger partial charge in [0.25, 0.3) is 0 Å². The van der Waals surface area contributed by atoms with Crippen molar-refractivity contribution in [2.24, 2.45) is 0 Å². The summed E-state index contributed by atoms with van der Waals surface area (Å²) in [5.74, 6) is 0. The number of hydrogen-bond acceptors (Lipinski definition) is 3. The normalized spacial score (nSPS) is 12.7. The number of sulfonamides is 1.